The Morgan fingerprint density at radius 1 is 1.00 bits per heavy atom. The SMILES string of the molecule is O=C(Nc1c(F)cccc1F)N1CCCC(N2CCCCCC2)C1. The molecule has 3 rings (SSSR count). The summed E-state index contributed by atoms with van der Waals surface area (Å²) in [7, 11) is 0. The maximum absolute atomic E-state index is 13.7. The fraction of sp³-hybridized carbons (Fsp3) is 0.611. The smallest absolute Gasteiger partial charge is 0.322 e. The number of hydrogen-bond donors (Lipinski definition) is 1. The van der Waals surface area contributed by atoms with E-state index in [9.17, 15) is 13.6 Å². The van der Waals surface area contributed by atoms with Crippen molar-refractivity contribution < 1.29 is 13.6 Å². The number of nitrogens with one attached hydrogen (secondary N) is 1. The second kappa shape index (κ2) is 7.92. The van der Waals surface area contributed by atoms with Gasteiger partial charge in [0.15, 0.2) is 0 Å². The van der Waals surface area contributed by atoms with Crippen molar-refractivity contribution in [2.45, 2.75) is 44.6 Å². The number of likely N-dealkylation sites (tertiary alicyclic amines) is 2. The third-order valence-electron chi connectivity index (χ3n) is 5.04. The van der Waals surface area contributed by atoms with Crippen LogP contribution in [0, 0.1) is 11.6 Å². The number of piperidine rings is 1. The van der Waals surface area contributed by atoms with Crippen molar-refractivity contribution in [3.05, 3.63) is 29.8 Å². The molecule has 0 aromatic heterocycles. The zero-order valence-electron chi connectivity index (χ0n) is 13.9. The summed E-state index contributed by atoms with van der Waals surface area (Å²) >= 11 is 0. The van der Waals surface area contributed by atoms with E-state index in [-0.39, 0.29) is 5.69 Å². The molecule has 4 nitrogen and oxygen atoms in total. The number of anilines is 1. The van der Waals surface area contributed by atoms with E-state index < -0.39 is 17.7 Å². The molecule has 0 radical (unpaired) electrons. The van der Waals surface area contributed by atoms with Gasteiger partial charge in [-0.2, -0.15) is 0 Å². The van der Waals surface area contributed by atoms with Gasteiger partial charge in [0.1, 0.15) is 17.3 Å². The summed E-state index contributed by atoms with van der Waals surface area (Å²) < 4.78 is 27.4. The Hall–Kier alpha value is -1.69. The van der Waals surface area contributed by atoms with Crippen molar-refractivity contribution in [2.24, 2.45) is 0 Å². The van der Waals surface area contributed by atoms with Gasteiger partial charge >= 0.3 is 6.03 Å². The molecule has 2 saturated heterocycles. The first-order chi connectivity index (χ1) is 11.6. The number of amides is 2. The molecule has 6 heteroatoms. The number of carbonyl (C=O) groups excluding carboxylic acids is 1. The van der Waals surface area contributed by atoms with Crippen LogP contribution in [-0.2, 0) is 0 Å². The molecule has 1 aromatic rings. The van der Waals surface area contributed by atoms with Crippen LogP contribution in [0.15, 0.2) is 18.2 Å². The normalized spacial score (nSPS) is 22.9. The molecule has 132 valence electrons. The highest BCUT2D eigenvalue weighted by Gasteiger charge is 2.28. The topological polar surface area (TPSA) is 35.6 Å². The van der Waals surface area contributed by atoms with Gasteiger partial charge in [0.05, 0.1) is 0 Å². The lowest BCUT2D eigenvalue weighted by atomic mass is 10.0. The molecule has 1 N–H and O–H groups in total. The van der Waals surface area contributed by atoms with Crippen LogP contribution in [0.1, 0.15) is 38.5 Å². The highest BCUT2D eigenvalue weighted by Crippen LogP contribution is 2.22. The lowest BCUT2D eigenvalue weighted by Crippen LogP contribution is -2.51. The Bertz CT molecular complexity index is 553. The lowest BCUT2D eigenvalue weighted by molar-refractivity contribution is 0.116. The van der Waals surface area contributed by atoms with Gasteiger partial charge in [-0.15, -0.1) is 0 Å². The number of para-hydroxylation sites is 1. The van der Waals surface area contributed by atoms with Gasteiger partial charge in [-0.05, 0) is 50.9 Å². The first-order valence-electron chi connectivity index (χ1n) is 8.89. The molecule has 24 heavy (non-hydrogen) atoms. The Morgan fingerprint density at radius 3 is 2.33 bits per heavy atom. The summed E-state index contributed by atoms with van der Waals surface area (Å²) in [5.41, 5.74) is -0.362. The summed E-state index contributed by atoms with van der Waals surface area (Å²) in [5, 5.41) is 2.40. The number of halogens is 2. The molecule has 2 aliphatic rings. The van der Waals surface area contributed by atoms with Gasteiger partial charge in [0.2, 0.25) is 0 Å². The average Bonchev–Trinajstić information content (AvgIpc) is 2.87. The van der Waals surface area contributed by atoms with Crippen LogP contribution in [0.3, 0.4) is 0 Å². The number of carbonyl (C=O) groups is 1. The fourth-order valence-corrected chi connectivity index (χ4v) is 3.70. The summed E-state index contributed by atoms with van der Waals surface area (Å²) in [6, 6.07) is 3.52. The Kier molecular flexibility index (Phi) is 5.66. The van der Waals surface area contributed by atoms with Gasteiger partial charge in [0.25, 0.3) is 0 Å². The Morgan fingerprint density at radius 2 is 1.67 bits per heavy atom. The molecule has 0 saturated carbocycles. The molecule has 2 fully saturated rings. The quantitative estimate of drug-likeness (QED) is 0.890. The van der Waals surface area contributed by atoms with E-state index >= 15 is 0 Å². The van der Waals surface area contributed by atoms with E-state index in [1.807, 2.05) is 0 Å². The molecule has 2 heterocycles. The van der Waals surface area contributed by atoms with Crippen LogP contribution >= 0.6 is 0 Å². The van der Waals surface area contributed by atoms with Crippen LogP contribution in [0.5, 0.6) is 0 Å². The molecule has 1 aromatic carbocycles. The monoisotopic (exact) mass is 337 g/mol. The van der Waals surface area contributed by atoms with E-state index in [1.54, 1.807) is 4.90 Å². The number of benzene rings is 1. The van der Waals surface area contributed by atoms with E-state index in [2.05, 4.69) is 10.2 Å². The van der Waals surface area contributed by atoms with Crippen molar-refractivity contribution >= 4 is 11.7 Å². The first kappa shape index (κ1) is 17.1. The van der Waals surface area contributed by atoms with Crippen molar-refractivity contribution in [2.75, 3.05) is 31.5 Å². The van der Waals surface area contributed by atoms with E-state index in [1.165, 1.54) is 31.7 Å². The Labute approximate surface area is 141 Å². The summed E-state index contributed by atoms with van der Waals surface area (Å²) in [6.07, 6.45) is 6.98. The van der Waals surface area contributed by atoms with Crippen LogP contribution in [-0.4, -0.2) is 48.1 Å². The van der Waals surface area contributed by atoms with Crippen LogP contribution in [0.2, 0.25) is 0 Å². The van der Waals surface area contributed by atoms with E-state index in [0.29, 0.717) is 19.1 Å². The maximum atomic E-state index is 13.7. The van der Waals surface area contributed by atoms with Gasteiger partial charge in [-0.3, -0.25) is 4.90 Å². The highest BCUT2D eigenvalue weighted by molar-refractivity contribution is 5.89. The number of urea groups is 1. The molecule has 0 spiro atoms. The van der Waals surface area contributed by atoms with Crippen molar-refractivity contribution in [1.82, 2.24) is 9.80 Å². The van der Waals surface area contributed by atoms with Gasteiger partial charge in [-0.25, -0.2) is 13.6 Å². The van der Waals surface area contributed by atoms with Gasteiger partial charge < -0.3 is 10.2 Å². The molecule has 2 aliphatic heterocycles. The standard InChI is InChI=1S/C18H25F2N3O/c19-15-8-5-9-16(20)17(15)21-18(24)23-12-6-7-14(13-23)22-10-3-1-2-4-11-22/h5,8-9,14H,1-4,6-7,10-13H2,(H,21,24). The highest BCUT2D eigenvalue weighted by atomic mass is 19.1. The fourth-order valence-electron chi connectivity index (χ4n) is 3.70. The minimum Gasteiger partial charge on any atom is -0.323 e. The zero-order valence-corrected chi connectivity index (χ0v) is 13.9. The van der Waals surface area contributed by atoms with Crippen molar-refractivity contribution in [1.29, 1.82) is 0 Å². The minimum absolute atomic E-state index is 0.355. The predicted molar refractivity (Wildman–Crippen MR) is 90.0 cm³/mol. The second-order valence-corrected chi connectivity index (χ2v) is 6.72. The van der Waals surface area contributed by atoms with Crippen molar-refractivity contribution in [3.63, 3.8) is 0 Å². The molecule has 2 amide bonds. The number of rotatable bonds is 2. The average molecular weight is 337 g/mol. The third-order valence-corrected chi connectivity index (χ3v) is 5.04. The first-order valence-corrected chi connectivity index (χ1v) is 8.89. The summed E-state index contributed by atoms with van der Waals surface area (Å²) in [6.45, 7) is 3.43. The second-order valence-electron chi connectivity index (χ2n) is 6.72. The lowest BCUT2D eigenvalue weighted by Gasteiger charge is -2.39. The van der Waals surface area contributed by atoms with Crippen molar-refractivity contribution in [3.8, 4) is 0 Å². The van der Waals surface area contributed by atoms with E-state index in [4.69, 9.17) is 0 Å². The van der Waals surface area contributed by atoms with Gasteiger partial charge in [-0.1, -0.05) is 18.9 Å². The third kappa shape index (κ3) is 4.04. The largest absolute Gasteiger partial charge is 0.323 e. The molecule has 0 aliphatic carbocycles. The Balaban J connectivity index is 1.62. The molecule has 1 atom stereocenters. The predicted octanol–water partition coefficient (Wildman–Crippen LogP) is 3.84. The van der Waals surface area contributed by atoms with Crippen LogP contribution < -0.4 is 5.32 Å². The summed E-state index contributed by atoms with van der Waals surface area (Å²) in [4.78, 5) is 16.6. The molecule has 0 bridgehead atoms. The van der Waals surface area contributed by atoms with E-state index in [0.717, 1.165) is 38.1 Å². The molecule has 1 unspecified atom stereocenters. The van der Waals surface area contributed by atoms with Crippen LogP contribution in [0.4, 0.5) is 19.3 Å². The number of hydrogen-bond acceptors (Lipinski definition) is 2. The summed E-state index contributed by atoms with van der Waals surface area (Å²) in [5.74, 6) is -1.49. The molecular weight excluding hydrogens is 312 g/mol. The zero-order chi connectivity index (χ0) is 16.9. The number of nitrogens with zero attached hydrogens (tertiary/aromatic N) is 2. The maximum Gasteiger partial charge on any atom is 0.322 e. The minimum atomic E-state index is -0.746. The van der Waals surface area contributed by atoms with Crippen LogP contribution in [0.25, 0.3) is 0 Å². The van der Waals surface area contributed by atoms with Gasteiger partial charge in [0, 0.05) is 19.1 Å². The molecular formula is C18H25F2N3O.